The average molecular weight is 440 g/mol. The molecule has 0 bridgehead atoms. The van der Waals surface area contributed by atoms with Crippen molar-refractivity contribution in [3.8, 4) is 0 Å². The van der Waals surface area contributed by atoms with Crippen LogP contribution in [0.4, 0.5) is 11.4 Å². The largest absolute Gasteiger partial charge is 0.342 e. The highest BCUT2D eigenvalue weighted by Gasteiger charge is 2.38. The first-order valence-electron chi connectivity index (χ1n) is 10.6. The number of rotatable bonds is 4. The van der Waals surface area contributed by atoms with Crippen molar-refractivity contribution in [1.82, 2.24) is 4.90 Å². The van der Waals surface area contributed by atoms with Gasteiger partial charge in [-0.1, -0.05) is 35.9 Å². The van der Waals surface area contributed by atoms with Crippen LogP contribution in [0, 0.1) is 18.8 Å². The lowest BCUT2D eigenvalue weighted by Gasteiger charge is -2.33. The van der Waals surface area contributed by atoms with Crippen molar-refractivity contribution in [2.75, 3.05) is 29.9 Å². The number of anilines is 2. The van der Waals surface area contributed by atoms with Crippen LogP contribution in [-0.2, 0) is 14.4 Å². The second-order valence-electron chi connectivity index (χ2n) is 8.29. The Bertz CT molecular complexity index is 987. The molecule has 1 unspecified atom stereocenters. The van der Waals surface area contributed by atoms with Gasteiger partial charge in [0.25, 0.3) is 0 Å². The van der Waals surface area contributed by atoms with E-state index in [1.54, 1.807) is 15.9 Å². The Morgan fingerprint density at radius 3 is 2.42 bits per heavy atom. The van der Waals surface area contributed by atoms with Crippen molar-refractivity contribution in [1.29, 1.82) is 0 Å². The van der Waals surface area contributed by atoms with E-state index in [4.69, 9.17) is 11.6 Å². The molecule has 0 aromatic heterocycles. The van der Waals surface area contributed by atoms with Crippen molar-refractivity contribution in [3.05, 3.63) is 59.1 Å². The Balaban J connectivity index is 1.30. The second-order valence-corrected chi connectivity index (χ2v) is 8.70. The third-order valence-corrected chi connectivity index (χ3v) is 6.57. The number of hydrogen-bond donors (Lipinski definition) is 1. The molecular weight excluding hydrogens is 414 g/mol. The van der Waals surface area contributed by atoms with Crippen molar-refractivity contribution in [2.45, 2.75) is 26.2 Å². The summed E-state index contributed by atoms with van der Waals surface area (Å²) in [7, 11) is 0. The van der Waals surface area contributed by atoms with E-state index < -0.39 is 0 Å². The SMILES string of the molecule is Cc1ccc(NC(=O)C2CCN(C(=O)C3CC(=O)N(c4ccccc4)C3)CC2)cc1Cl. The van der Waals surface area contributed by atoms with Gasteiger partial charge in [-0.3, -0.25) is 14.4 Å². The molecule has 2 heterocycles. The number of aryl methyl sites for hydroxylation is 1. The fourth-order valence-electron chi connectivity index (χ4n) is 4.27. The van der Waals surface area contributed by atoms with Gasteiger partial charge in [0.2, 0.25) is 17.7 Å². The molecule has 2 aromatic carbocycles. The molecule has 2 aliphatic rings. The van der Waals surface area contributed by atoms with Crippen LogP contribution in [0.1, 0.15) is 24.8 Å². The van der Waals surface area contributed by atoms with Gasteiger partial charge in [0, 0.05) is 48.4 Å². The van der Waals surface area contributed by atoms with Crippen LogP contribution in [0.15, 0.2) is 48.5 Å². The number of likely N-dealkylation sites (tertiary alicyclic amines) is 1. The molecule has 4 rings (SSSR count). The summed E-state index contributed by atoms with van der Waals surface area (Å²) >= 11 is 6.14. The van der Waals surface area contributed by atoms with Gasteiger partial charge in [0.1, 0.15) is 0 Å². The summed E-state index contributed by atoms with van der Waals surface area (Å²) in [6, 6.07) is 14.9. The van der Waals surface area contributed by atoms with E-state index in [1.807, 2.05) is 49.4 Å². The number of amides is 3. The number of piperidine rings is 1. The zero-order valence-corrected chi connectivity index (χ0v) is 18.3. The van der Waals surface area contributed by atoms with Crippen LogP contribution in [0.2, 0.25) is 5.02 Å². The minimum Gasteiger partial charge on any atom is -0.342 e. The van der Waals surface area contributed by atoms with Gasteiger partial charge in [-0.25, -0.2) is 0 Å². The molecule has 7 heteroatoms. The summed E-state index contributed by atoms with van der Waals surface area (Å²) in [6.07, 6.45) is 1.46. The Kier molecular flexibility index (Phi) is 6.28. The summed E-state index contributed by atoms with van der Waals surface area (Å²) in [6.45, 7) is 3.39. The van der Waals surface area contributed by atoms with Gasteiger partial charge < -0.3 is 15.1 Å². The molecule has 3 amide bonds. The van der Waals surface area contributed by atoms with Crippen LogP contribution in [0.5, 0.6) is 0 Å². The van der Waals surface area contributed by atoms with Gasteiger partial charge in [-0.15, -0.1) is 0 Å². The molecule has 162 valence electrons. The lowest BCUT2D eigenvalue weighted by atomic mass is 9.94. The molecule has 2 aliphatic heterocycles. The maximum absolute atomic E-state index is 13.0. The van der Waals surface area contributed by atoms with Gasteiger partial charge in [-0.2, -0.15) is 0 Å². The topological polar surface area (TPSA) is 69.7 Å². The Morgan fingerprint density at radius 1 is 1.03 bits per heavy atom. The third kappa shape index (κ3) is 4.74. The molecule has 0 spiro atoms. The number of nitrogens with one attached hydrogen (secondary N) is 1. The highest BCUT2D eigenvalue weighted by molar-refractivity contribution is 6.31. The maximum Gasteiger partial charge on any atom is 0.228 e. The number of carbonyl (C=O) groups excluding carboxylic acids is 3. The highest BCUT2D eigenvalue weighted by atomic mass is 35.5. The minimum absolute atomic E-state index is 0.0101. The summed E-state index contributed by atoms with van der Waals surface area (Å²) in [5.41, 5.74) is 2.47. The zero-order valence-electron chi connectivity index (χ0n) is 17.5. The van der Waals surface area contributed by atoms with Crippen molar-refractivity contribution in [3.63, 3.8) is 0 Å². The predicted octanol–water partition coefficient (Wildman–Crippen LogP) is 3.88. The monoisotopic (exact) mass is 439 g/mol. The minimum atomic E-state index is -0.326. The van der Waals surface area contributed by atoms with Crippen molar-refractivity contribution >= 4 is 40.7 Å². The quantitative estimate of drug-likeness (QED) is 0.785. The van der Waals surface area contributed by atoms with Gasteiger partial charge in [0.05, 0.1) is 5.92 Å². The molecule has 0 saturated carbocycles. The van der Waals surface area contributed by atoms with E-state index in [0.29, 0.717) is 43.2 Å². The van der Waals surface area contributed by atoms with E-state index in [-0.39, 0.29) is 36.0 Å². The second kappa shape index (κ2) is 9.10. The van der Waals surface area contributed by atoms with E-state index >= 15 is 0 Å². The van der Waals surface area contributed by atoms with E-state index in [2.05, 4.69) is 5.32 Å². The fraction of sp³-hybridized carbons (Fsp3) is 0.375. The summed E-state index contributed by atoms with van der Waals surface area (Å²) in [5, 5.41) is 3.55. The molecule has 2 fully saturated rings. The predicted molar refractivity (Wildman–Crippen MR) is 121 cm³/mol. The lowest BCUT2D eigenvalue weighted by molar-refractivity contribution is -0.138. The molecule has 2 aromatic rings. The molecular formula is C24H26ClN3O3. The van der Waals surface area contributed by atoms with E-state index in [1.165, 1.54) is 0 Å². The molecule has 1 N–H and O–H groups in total. The first kappa shape index (κ1) is 21.4. The number of hydrogen-bond acceptors (Lipinski definition) is 3. The zero-order chi connectivity index (χ0) is 22.0. The smallest absolute Gasteiger partial charge is 0.228 e. The van der Waals surface area contributed by atoms with E-state index in [0.717, 1.165) is 11.3 Å². The number of para-hydroxylation sites is 1. The van der Waals surface area contributed by atoms with Crippen molar-refractivity contribution < 1.29 is 14.4 Å². The summed E-state index contributed by atoms with van der Waals surface area (Å²) < 4.78 is 0. The molecule has 6 nitrogen and oxygen atoms in total. The summed E-state index contributed by atoms with van der Waals surface area (Å²) in [4.78, 5) is 41.5. The molecule has 1 atom stereocenters. The molecule has 31 heavy (non-hydrogen) atoms. The standard InChI is InChI=1S/C24H26ClN3O3/c1-16-7-8-19(14-21(16)25)26-23(30)17-9-11-27(12-10-17)24(31)18-13-22(29)28(15-18)20-5-3-2-4-6-20/h2-8,14,17-18H,9-13,15H2,1H3,(H,26,30). The Hall–Kier alpha value is -2.86. The molecule has 0 aliphatic carbocycles. The molecule has 0 radical (unpaired) electrons. The number of halogens is 1. The first-order chi connectivity index (χ1) is 14.9. The average Bonchev–Trinajstić information content (AvgIpc) is 3.18. The highest BCUT2D eigenvalue weighted by Crippen LogP contribution is 2.28. The fourth-order valence-corrected chi connectivity index (χ4v) is 4.45. The van der Waals surface area contributed by atoms with Crippen LogP contribution >= 0.6 is 11.6 Å². The summed E-state index contributed by atoms with van der Waals surface area (Å²) in [5.74, 6) is -0.521. The van der Waals surface area contributed by atoms with Gasteiger partial charge in [0.15, 0.2) is 0 Å². The van der Waals surface area contributed by atoms with E-state index in [9.17, 15) is 14.4 Å². The number of nitrogens with zero attached hydrogens (tertiary/aromatic N) is 2. The van der Waals surface area contributed by atoms with Crippen LogP contribution in [0.3, 0.4) is 0 Å². The normalized spacial score (nSPS) is 19.5. The number of carbonyl (C=O) groups is 3. The van der Waals surface area contributed by atoms with Crippen LogP contribution in [0.25, 0.3) is 0 Å². The third-order valence-electron chi connectivity index (χ3n) is 6.16. The van der Waals surface area contributed by atoms with Crippen LogP contribution in [-0.4, -0.2) is 42.3 Å². The first-order valence-corrected chi connectivity index (χ1v) is 11.0. The van der Waals surface area contributed by atoms with Crippen molar-refractivity contribution in [2.24, 2.45) is 11.8 Å². The Morgan fingerprint density at radius 2 is 1.74 bits per heavy atom. The Labute approximate surface area is 187 Å². The van der Waals surface area contributed by atoms with Gasteiger partial charge >= 0.3 is 0 Å². The van der Waals surface area contributed by atoms with Crippen LogP contribution < -0.4 is 10.2 Å². The number of benzene rings is 2. The lowest BCUT2D eigenvalue weighted by Crippen LogP contribution is -2.44. The molecule has 2 saturated heterocycles. The van der Waals surface area contributed by atoms with Gasteiger partial charge in [-0.05, 0) is 49.6 Å². The maximum atomic E-state index is 13.0.